The highest BCUT2D eigenvalue weighted by Gasteiger charge is 2.24. The van der Waals surface area contributed by atoms with E-state index in [1.165, 1.54) is 34.8 Å². The number of benzene rings is 2. The zero-order valence-corrected chi connectivity index (χ0v) is 21.7. The number of morpholine rings is 1. The summed E-state index contributed by atoms with van der Waals surface area (Å²) in [5.74, 6) is -0.166. The quantitative estimate of drug-likeness (QED) is 0.210. The number of carbonyl (C=O) groups is 1. The number of nitro groups is 1. The maximum absolute atomic E-state index is 13.7. The van der Waals surface area contributed by atoms with Gasteiger partial charge in [0, 0.05) is 48.4 Å². The average molecular weight is 553 g/mol. The smallest absolute Gasteiger partial charge is 0.270 e. The van der Waals surface area contributed by atoms with Crippen LogP contribution in [-0.2, 0) is 4.74 Å². The van der Waals surface area contributed by atoms with E-state index in [0.29, 0.717) is 32.5 Å². The minimum absolute atomic E-state index is 0. The number of anilines is 1. The number of ether oxygens (including phenoxy) is 1. The summed E-state index contributed by atoms with van der Waals surface area (Å²) in [7, 11) is 0. The van der Waals surface area contributed by atoms with Gasteiger partial charge in [-0.1, -0.05) is 29.0 Å². The standard InChI is InChI=1S/C23H21ClN4O4S2.ClH/c24-17-3-1-4-19-21(17)25-23(34-19)27(8-2-7-26-9-11-32-12-10-26)22(29)20-14-15-13-16(28(30)31)5-6-18(15)33-20;/h1,3-6,13-14H,2,7-12H2;1H. The number of nitro benzene ring substituents is 1. The summed E-state index contributed by atoms with van der Waals surface area (Å²) in [6.45, 7) is 4.60. The van der Waals surface area contributed by atoms with Crippen LogP contribution in [0.1, 0.15) is 16.1 Å². The van der Waals surface area contributed by atoms with Gasteiger partial charge in [-0.25, -0.2) is 4.98 Å². The molecule has 1 aliphatic rings. The van der Waals surface area contributed by atoms with Gasteiger partial charge in [0.15, 0.2) is 5.13 Å². The van der Waals surface area contributed by atoms with Gasteiger partial charge in [0.1, 0.15) is 5.52 Å². The topological polar surface area (TPSA) is 88.8 Å². The Hall–Kier alpha value is -2.34. The first kappa shape index (κ1) is 25.7. The van der Waals surface area contributed by atoms with Gasteiger partial charge < -0.3 is 4.74 Å². The Bertz CT molecular complexity index is 1370. The summed E-state index contributed by atoms with van der Waals surface area (Å²) in [5.41, 5.74) is 0.689. The Balaban J connectivity index is 0.00000289. The van der Waals surface area contributed by atoms with Crippen molar-refractivity contribution in [2.24, 2.45) is 0 Å². The van der Waals surface area contributed by atoms with Crippen molar-refractivity contribution in [2.45, 2.75) is 6.42 Å². The summed E-state index contributed by atoms with van der Waals surface area (Å²) < 4.78 is 7.17. The zero-order valence-electron chi connectivity index (χ0n) is 18.5. The minimum atomic E-state index is -0.429. The SMILES string of the molecule is Cl.O=C(c1cc2cc([N+](=O)[O-])ccc2s1)N(CCCN1CCOCC1)c1nc2c(Cl)cccc2s1. The van der Waals surface area contributed by atoms with Gasteiger partial charge >= 0.3 is 0 Å². The predicted octanol–water partition coefficient (Wildman–Crippen LogP) is 5.86. The van der Waals surface area contributed by atoms with Crippen LogP contribution in [0.25, 0.3) is 20.3 Å². The van der Waals surface area contributed by atoms with Crippen molar-refractivity contribution in [3.63, 3.8) is 0 Å². The van der Waals surface area contributed by atoms with Crippen molar-refractivity contribution in [2.75, 3.05) is 44.3 Å². The fourth-order valence-electron chi connectivity index (χ4n) is 3.96. The van der Waals surface area contributed by atoms with Gasteiger partial charge in [-0.15, -0.1) is 23.7 Å². The first-order valence-corrected chi connectivity index (χ1v) is 12.9. The van der Waals surface area contributed by atoms with E-state index in [2.05, 4.69) is 9.88 Å². The molecule has 2 aromatic heterocycles. The molecule has 0 aliphatic carbocycles. The molecule has 5 rings (SSSR count). The molecule has 1 fully saturated rings. The first-order chi connectivity index (χ1) is 16.5. The summed E-state index contributed by atoms with van der Waals surface area (Å²) in [6, 6.07) is 12.0. The molecule has 4 aromatic rings. The van der Waals surface area contributed by atoms with Crippen molar-refractivity contribution in [1.29, 1.82) is 0 Å². The molecule has 1 aliphatic heterocycles. The van der Waals surface area contributed by atoms with Crippen LogP contribution in [0.4, 0.5) is 10.8 Å². The number of para-hydroxylation sites is 1. The summed E-state index contributed by atoms with van der Waals surface area (Å²) >= 11 is 9.10. The highest BCUT2D eigenvalue weighted by molar-refractivity contribution is 7.23. The highest BCUT2D eigenvalue weighted by atomic mass is 35.5. The molecule has 2 aromatic carbocycles. The third kappa shape index (κ3) is 5.58. The van der Waals surface area contributed by atoms with E-state index in [9.17, 15) is 14.9 Å². The van der Waals surface area contributed by atoms with Crippen molar-refractivity contribution >= 4 is 83.7 Å². The molecule has 0 atom stereocenters. The maximum atomic E-state index is 13.7. The van der Waals surface area contributed by atoms with Crippen LogP contribution < -0.4 is 4.90 Å². The average Bonchev–Trinajstić information content (AvgIpc) is 3.47. The number of hydrogen-bond acceptors (Lipinski definition) is 8. The van der Waals surface area contributed by atoms with E-state index in [4.69, 9.17) is 16.3 Å². The van der Waals surface area contributed by atoms with Gasteiger partial charge in [-0.3, -0.25) is 24.7 Å². The number of thiophene rings is 1. The molecule has 35 heavy (non-hydrogen) atoms. The second kappa shape index (κ2) is 11.2. The molecular weight excluding hydrogens is 531 g/mol. The number of non-ortho nitro benzene ring substituents is 1. The van der Waals surface area contributed by atoms with E-state index in [0.717, 1.165) is 48.7 Å². The van der Waals surface area contributed by atoms with Gasteiger partial charge in [-0.2, -0.15) is 0 Å². The molecule has 0 radical (unpaired) electrons. The van der Waals surface area contributed by atoms with Crippen LogP contribution in [0.3, 0.4) is 0 Å². The Morgan fingerprint density at radius 1 is 1.17 bits per heavy atom. The Morgan fingerprint density at radius 3 is 2.71 bits per heavy atom. The maximum Gasteiger partial charge on any atom is 0.270 e. The van der Waals surface area contributed by atoms with Crippen LogP contribution in [-0.4, -0.2) is 60.1 Å². The van der Waals surface area contributed by atoms with Crippen molar-refractivity contribution in [3.05, 3.63) is 62.5 Å². The van der Waals surface area contributed by atoms with Gasteiger partial charge in [0.25, 0.3) is 11.6 Å². The number of halogens is 2. The molecule has 1 saturated heterocycles. The van der Waals surface area contributed by atoms with E-state index in [1.54, 1.807) is 23.1 Å². The fraction of sp³-hybridized carbons (Fsp3) is 0.304. The number of amides is 1. The fourth-order valence-corrected chi connectivity index (χ4v) is 6.24. The molecule has 184 valence electrons. The number of hydrogen-bond donors (Lipinski definition) is 0. The van der Waals surface area contributed by atoms with Gasteiger partial charge in [-0.05, 0) is 30.7 Å². The lowest BCUT2D eigenvalue weighted by Gasteiger charge is -2.27. The van der Waals surface area contributed by atoms with Crippen LogP contribution in [0, 0.1) is 10.1 Å². The monoisotopic (exact) mass is 552 g/mol. The molecule has 0 N–H and O–H groups in total. The summed E-state index contributed by atoms with van der Waals surface area (Å²) in [5, 5.41) is 13.0. The van der Waals surface area contributed by atoms with Gasteiger partial charge in [0.05, 0.1) is 32.7 Å². The van der Waals surface area contributed by atoms with Crippen LogP contribution in [0.2, 0.25) is 5.02 Å². The molecule has 12 heteroatoms. The highest BCUT2D eigenvalue weighted by Crippen LogP contribution is 2.35. The first-order valence-electron chi connectivity index (χ1n) is 10.8. The number of carbonyl (C=O) groups excluding carboxylic acids is 1. The second-order valence-corrected chi connectivity index (χ2v) is 10.4. The number of nitrogens with zero attached hydrogens (tertiary/aromatic N) is 4. The Kier molecular flexibility index (Phi) is 8.20. The molecule has 0 unspecified atom stereocenters. The molecule has 8 nitrogen and oxygen atoms in total. The Morgan fingerprint density at radius 2 is 1.97 bits per heavy atom. The van der Waals surface area contributed by atoms with Crippen molar-refractivity contribution in [1.82, 2.24) is 9.88 Å². The minimum Gasteiger partial charge on any atom is -0.379 e. The molecule has 0 spiro atoms. The van der Waals surface area contributed by atoms with Crippen molar-refractivity contribution in [3.8, 4) is 0 Å². The third-order valence-electron chi connectivity index (χ3n) is 5.72. The van der Waals surface area contributed by atoms with E-state index >= 15 is 0 Å². The number of fused-ring (bicyclic) bond motifs is 2. The predicted molar refractivity (Wildman–Crippen MR) is 144 cm³/mol. The summed E-state index contributed by atoms with van der Waals surface area (Å²) in [6.07, 6.45) is 0.783. The molecule has 0 bridgehead atoms. The second-order valence-electron chi connectivity index (χ2n) is 7.94. The number of thiazole rings is 1. The van der Waals surface area contributed by atoms with Crippen LogP contribution in [0.15, 0.2) is 42.5 Å². The zero-order chi connectivity index (χ0) is 23.7. The van der Waals surface area contributed by atoms with Crippen LogP contribution in [0.5, 0.6) is 0 Å². The lowest BCUT2D eigenvalue weighted by Crippen LogP contribution is -2.39. The van der Waals surface area contributed by atoms with Crippen LogP contribution >= 0.6 is 46.7 Å². The molecule has 1 amide bonds. The number of aromatic nitrogens is 1. The normalized spacial score (nSPS) is 14.2. The lowest BCUT2D eigenvalue weighted by molar-refractivity contribution is -0.384. The van der Waals surface area contributed by atoms with Gasteiger partial charge in [0.2, 0.25) is 0 Å². The molecule has 0 saturated carbocycles. The summed E-state index contributed by atoms with van der Waals surface area (Å²) in [4.78, 5) is 33.6. The van der Waals surface area contributed by atoms with Crippen molar-refractivity contribution < 1.29 is 14.5 Å². The van der Waals surface area contributed by atoms with E-state index in [1.807, 2.05) is 12.1 Å². The number of rotatable bonds is 7. The molecule has 3 heterocycles. The Labute approximate surface area is 220 Å². The van der Waals surface area contributed by atoms with E-state index in [-0.39, 0.29) is 24.0 Å². The third-order valence-corrected chi connectivity index (χ3v) is 8.17. The van der Waals surface area contributed by atoms with E-state index < -0.39 is 4.92 Å². The molecular formula is C23H22Cl2N4O4S2. The largest absolute Gasteiger partial charge is 0.379 e. The lowest BCUT2D eigenvalue weighted by atomic mass is 10.2.